The topological polar surface area (TPSA) is 63.0 Å². The van der Waals surface area contributed by atoms with Gasteiger partial charge in [-0.2, -0.15) is 5.26 Å². The van der Waals surface area contributed by atoms with Crippen molar-refractivity contribution in [3.05, 3.63) is 70.0 Å². The molecule has 0 saturated heterocycles. The Hall–Kier alpha value is -2.97. The molecule has 5 heteroatoms. The first-order valence-corrected chi connectivity index (χ1v) is 10.1. The molecular weight excluding hydrogens is 368 g/mol. The Labute approximate surface area is 169 Å². The van der Waals surface area contributed by atoms with E-state index in [0.717, 1.165) is 24.1 Å². The van der Waals surface area contributed by atoms with Gasteiger partial charge in [-0.15, -0.1) is 11.3 Å². The fourth-order valence-corrected chi connectivity index (χ4v) is 3.71. The quantitative estimate of drug-likeness (QED) is 0.522. The lowest BCUT2D eigenvalue weighted by Gasteiger charge is -2.08. The second-order valence-corrected chi connectivity index (χ2v) is 7.54. The van der Waals surface area contributed by atoms with E-state index in [1.54, 1.807) is 0 Å². The molecule has 0 amide bonds. The summed E-state index contributed by atoms with van der Waals surface area (Å²) in [6.07, 6.45) is 2.10. The maximum atomic E-state index is 12.5. The average Bonchev–Trinajstić information content (AvgIpc) is 3.18. The van der Waals surface area contributed by atoms with Crippen molar-refractivity contribution in [1.29, 1.82) is 5.26 Å². The van der Waals surface area contributed by atoms with Crippen LogP contribution in [0.15, 0.2) is 53.9 Å². The Morgan fingerprint density at radius 1 is 1.18 bits per heavy atom. The number of benzene rings is 2. The lowest BCUT2D eigenvalue weighted by atomic mass is 10.1. The number of aromatic nitrogens is 1. The molecule has 0 bridgehead atoms. The molecule has 0 N–H and O–H groups in total. The van der Waals surface area contributed by atoms with E-state index in [9.17, 15) is 10.1 Å². The molecule has 0 aliphatic heterocycles. The number of hydrogen-bond donors (Lipinski definition) is 0. The molecule has 1 unspecified atom stereocenters. The maximum Gasteiger partial charge on any atom is 0.194 e. The minimum absolute atomic E-state index is 0.148. The van der Waals surface area contributed by atoms with Crippen LogP contribution in [0, 0.1) is 18.3 Å². The smallest absolute Gasteiger partial charge is 0.194 e. The molecule has 1 aromatic heterocycles. The van der Waals surface area contributed by atoms with Crippen LogP contribution in [-0.4, -0.2) is 17.4 Å². The standard InChI is InChI=1S/C23H22N2O2S/c1-3-4-17-7-11-19(12-8-17)27-14-22(26)20(13-24)23-25-21(15-28-23)18-9-5-16(2)6-10-18/h5-12,15,20H,3-4,14H2,1-2H3. The number of ether oxygens (including phenoxy) is 1. The minimum atomic E-state index is -0.913. The van der Waals surface area contributed by atoms with E-state index in [1.165, 1.54) is 22.5 Å². The molecule has 1 atom stereocenters. The molecule has 0 aliphatic rings. The molecule has 4 nitrogen and oxygen atoms in total. The number of carbonyl (C=O) groups excluding carboxylic acids is 1. The summed E-state index contributed by atoms with van der Waals surface area (Å²) in [6.45, 7) is 4.01. The summed E-state index contributed by atoms with van der Waals surface area (Å²) >= 11 is 1.33. The van der Waals surface area contributed by atoms with Crippen LogP contribution in [0.1, 0.15) is 35.4 Å². The summed E-state index contributed by atoms with van der Waals surface area (Å²) in [7, 11) is 0. The molecule has 0 radical (unpaired) electrons. The third-order valence-electron chi connectivity index (χ3n) is 4.41. The van der Waals surface area contributed by atoms with E-state index in [-0.39, 0.29) is 12.4 Å². The maximum absolute atomic E-state index is 12.5. The van der Waals surface area contributed by atoms with Crippen molar-refractivity contribution in [2.24, 2.45) is 0 Å². The van der Waals surface area contributed by atoms with Gasteiger partial charge >= 0.3 is 0 Å². The van der Waals surface area contributed by atoms with Gasteiger partial charge in [0.05, 0.1) is 11.8 Å². The third kappa shape index (κ3) is 4.85. The van der Waals surface area contributed by atoms with Crippen LogP contribution in [0.5, 0.6) is 5.75 Å². The Morgan fingerprint density at radius 3 is 2.54 bits per heavy atom. The molecule has 0 aliphatic carbocycles. The van der Waals surface area contributed by atoms with Crippen LogP contribution < -0.4 is 4.74 Å². The van der Waals surface area contributed by atoms with Gasteiger partial charge in [-0.05, 0) is 31.0 Å². The highest BCUT2D eigenvalue weighted by Crippen LogP contribution is 2.27. The van der Waals surface area contributed by atoms with Crippen LogP contribution in [0.3, 0.4) is 0 Å². The number of Topliss-reactive ketones (excluding diaryl/α,β-unsaturated/α-hetero) is 1. The van der Waals surface area contributed by atoms with Crippen LogP contribution in [0.2, 0.25) is 0 Å². The van der Waals surface area contributed by atoms with E-state index in [1.807, 2.05) is 60.8 Å². The highest BCUT2D eigenvalue weighted by molar-refractivity contribution is 7.10. The molecular formula is C23H22N2O2S. The zero-order valence-corrected chi connectivity index (χ0v) is 16.8. The predicted molar refractivity (Wildman–Crippen MR) is 112 cm³/mol. The van der Waals surface area contributed by atoms with Crippen LogP contribution in [-0.2, 0) is 11.2 Å². The van der Waals surface area contributed by atoms with E-state index in [4.69, 9.17) is 4.74 Å². The van der Waals surface area contributed by atoms with Gasteiger partial charge in [-0.3, -0.25) is 4.79 Å². The summed E-state index contributed by atoms with van der Waals surface area (Å²) in [6, 6.07) is 17.8. The third-order valence-corrected chi connectivity index (χ3v) is 5.32. The lowest BCUT2D eigenvalue weighted by molar-refractivity contribution is -0.121. The second kappa shape index (κ2) is 9.29. The number of nitrogens with zero attached hydrogens (tertiary/aromatic N) is 2. The van der Waals surface area contributed by atoms with Crippen molar-refractivity contribution in [3.63, 3.8) is 0 Å². The first-order chi connectivity index (χ1) is 13.6. The number of ketones is 1. The number of nitriles is 1. The number of aryl methyl sites for hydroxylation is 2. The Bertz CT molecular complexity index is 969. The van der Waals surface area contributed by atoms with Gasteiger partial charge in [0.2, 0.25) is 0 Å². The Kier molecular flexibility index (Phi) is 6.57. The van der Waals surface area contributed by atoms with E-state index in [0.29, 0.717) is 10.8 Å². The number of rotatable bonds is 8. The summed E-state index contributed by atoms with van der Waals surface area (Å²) in [5.41, 5.74) is 4.16. The molecule has 0 saturated carbocycles. The van der Waals surface area contributed by atoms with Gasteiger partial charge < -0.3 is 4.74 Å². The predicted octanol–water partition coefficient (Wildman–Crippen LogP) is 5.33. The summed E-state index contributed by atoms with van der Waals surface area (Å²) < 4.78 is 5.59. The normalized spacial score (nSPS) is 11.6. The summed E-state index contributed by atoms with van der Waals surface area (Å²) in [5.74, 6) is -0.571. The largest absolute Gasteiger partial charge is 0.486 e. The molecule has 0 fully saturated rings. The first kappa shape index (κ1) is 19.8. The van der Waals surface area contributed by atoms with Gasteiger partial charge in [-0.1, -0.05) is 55.3 Å². The first-order valence-electron chi connectivity index (χ1n) is 9.27. The fourth-order valence-electron chi connectivity index (χ4n) is 2.82. The average molecular weight is 391 g/mol. The molecule has 3 aromatic rings. The van der Waals surface area contributed by atoms with Crippen LogP contribution >= 0.6 is 11.3 Å². The highest BCUT2D eigenvalue weighted by atomic mass is 32.1. The van der Waals surface area contributed by atoms with Gasteiger partial charge in [0, 0.05) is 10.9 Å². The van der Waals surface area contributed by atoms with Crippen LogP contribution in [0.25, 0.3) is 11.3 Å². The second-order valence-electron chi connectivity index (χ2n) is 6.65. The zero-order chi connectivity index (χ0) is 19.9. The summed E-state index contributed by atoms with van der Waals surface area (Å²) in [5, 5.41) is 11.9. The Morgan fingerprint density at radius 2 is 1.89 bits per heavy atom. The lowest BCUT2D eigenvalue weighted by Crippen LogP contribution is -2.19. The van der Waals surface area contributed by atoms with E-state index < -0.39 is 5.92 Å². The van der Waals surface area contributed by atoms with Crippen molar-refractivity contribution in [1.82, 2.24) is 4.98 Å². The molecule has 28 heavy (non-hydrogen) atoms. The Balaban J connectivity index is 1.65. The zero-order valence-electron chi connectivity index (χ0n) is 16.0. The highest BCUT2D eigenvalue weighted by Gasteiger charge is 2.24. The van der Waals surface area contributed by atoms with Gasteiger partial charge in [0.25, 0.3) is 0 Å². The fraction of sp³-hybridized carbons (Fsp3) is 0.261. The van der Waals surface area contributed by atoms with Crippen molar-refractivity contribution < 1.29 is 9.53 Å². The summed E-state index contributed by atoms with van der Waals surface area (Å²) in [4.78, 5) is 17.0. The molecule has 3 rings (SSSR count). The van der Waals surface area contributed by atoms with Crippen molar-refractivity contribution >= 4 is 17.1 Å². The van der Waals surface area contributed by atoms with E-state index >= 15 is 0 Å². The molecule has 2 aromatic carbocycles. The minimum Gasteiger partial charge on any atom is -0.486 e. The molecule has 0 spiro atoms. The molecule has 1 heterocycles. The van der Waals surface area contributed by atoms with Gasteiger partial charge in [0.15, 0.2) is 11.7 Å². The monoisotopic (exact) mass is 390 g/mol. The van der Waals surface area contributed by atoms with Crippen LogP contribution in [0.4, 0.5) is 0 Å². The van der Waals surface area contributed by atoms with Gasteiger partial charge in [0.1, 0.15) is 17.4 Å². The SMILES string of the molecule is CCCc1ccc(OCC(=O)C(C#N)c2nc(-c3ccc(C)cc3)cs2)cc1. The number of hydrogen-bond acceptors (Lipinski definition) is 5. The van der Waals surface area contributed by atoms with Crippen molar-refractivity contribution in [2.45, 2.75) is 32.6 Å². The van der Waals surface area contributed by atoms with Gasteiger partial charge in [-0.25, -0.2) is 4.98 Å². The van der Waals surface area contributed by atoms with Crippen molar-refractivity contribution in [2.75, 3.05) is 6.61 Å². The molecule has 142 valence electrons. The number of carbonyl (C=O) groups is 1. The van der Waals surface area contributed by atoms with E-state index in [2.05, 4.69) is 18.0 Å². The number of thiazole rings is 1. The van der Waals surface area contributed by atoms with Crippen molar-refractivity contribution in [3.8, 4) is 23.1 Å².